The predicted molar refractivity (Wildman–Crippen MR) is 64.3 cm³/mol. The molecule has 1 rings (SSSR count). The van der Waals surface area contributed by atoms with E-state index < -0.39 is 5.97 Å². The highest BCUT2D eigenvalue weighted by molar-refractivity contribution is 14.1. The first-order valence-electron chi connectivity index (χ1n) is 4.32. The Kier molecular flexibility index (Phi) is 4.65. The summed E-state index contributed by atoms with van der Waals surface area (Å²) < 4.78 is 1.22. The van der Waals surface area contributed by atoms with Gasteiger partial charge in [-0.25, -0.2) is 4.79 Å². The number of carboxylic acid groups (broad SMARTS) is 1. The molecule has 0 saturated heterocycles. The van der Waals surface area contributed by atoms with Crippen molar-refractivity contribution in [1.82, 2.24) is 0 Å². The normalized spacial score (nSPS) is 10.6. The van der Waals surface area contributed by atoms with Gasteiger partial charge in [-0.05, 0) is 53.1 Å². The van der Waals surface area contributed by atoms with Crippen LogP contribution in [0.3, 0.4) is 0 Å². The zero-order chi connectivity index (χ0) is 10.4. The number of hydrogen-bond donors (Lipinski definition) is 1. The van der Waals surface area contributed by atoms with Crippen LogP contribution < -0.4 is 0 Å². The van der Waals surface area contributed by atoms with Gasteiger partial charge >= 0.3 is 5.97 Å². The second-order valence-electron chi connectivity index (χ2n) is 2.91. The van der Waals surface area contributed by atoms with Crippen molar-refractivity contribution in [3.63, 3.8) is 0 Å². The van der Waals surface area contributed by atoms with E-state index in [2.05, 4.69) is 46.9 Å². The minimum atomic E-state index is -0.882. The SMILES string of the molecule is O=C(O)/C=C\CCc1ccc(I)cc1. The summed E-state index contributed by atoms with van der Waals surface area (Å²) in [7, 11) is 0. The average molecular weight is 302 g/mol. The molecule has 0 heterocycles. The number of halogens is 1. The summed E-state index contributed by atoms with van der Waals surface area (Å²) in [5.74, 6) is -0.882. The Morgan fingerprint density at radius 2 is 2.00 bits per heavy atom. The van der Waals surface area contributed by atoms with Gasteiger partial charge in [0.1, 0.15) is 0 Å². The van der Waals surface area contributed by atoms with E-state index in [1.165, 1.54) is 15.2 Å². The lowest BCUT2D eigenvalue weighted by molar-refractivity contribution is -0.131. The quantitative estimate of drug-likeness (QED) is 0.686. The van der Waals surface area contributed by atoms with Crippen molar-refractivity contribution in [3.8, 4) is 0 Å². The third kappa shape index (κ3) is 4.41. The summed E-state index contributed by atoms with van der Waals surface area (Å²) >= 11 is 2.26. The molecule has 0 fully saturated rings. The molecule has 0 unspecified atom stereocenters. The van der Waals surface area contributed by atoms with Crippen LogP contribution in [0.5, 0.6) is 0 Å². The number of aryl methyl sites for hydroxylation is 1. The summed E-state index contributed by atoms with van der Waals surface area (Å²) in [5, 5.41) is 8.36. The molecule has 0 radical (unpaired) electrons. The molecular weight excluding hydrogens is 291 g/mol. The molecule has 2 nitrogen and oxygen atoms in total. The molecule has 0 bridgehead atoms. The predicted octanol–water partition coefficient (Wildman–Crippen LogP) is 2.86. The Bertz CT molecular complexity index is 328. The summed E-state index contributed by atoms with van der Waals surface area (Å²) in [4.78, 5) is 10.2. The highest BCUT2D eigenvalue weighted by atomic mass is 127. The van der Waals surface area contributed by atoms with Crippen LogP contribution in [0.1, 0.15) is 12.0 Å². The Hall–Kier alpha value is -0.840. The average Bonchev–Trinajstić information content (AvgIpc) is 2.15. The summed E-state index contributed by atoms with van der Waals surface area (Å²) in [6.45, 7) is 0. The number of allylic oxidation sites excluding steroid dienone is 1. The maximum atomic E-state index is 10.2. The van der Waals surface area contributed by atoms with Gasteiger partial charge in [-0.2, -0.15) is 0 Å². The van der Waals surface area contributed by atoms with Crippen molar-refractivity contribution in [1.29, 1.82) is 0 Å². The van der Waals surface area contributed by atoms with Crippen LogP contribution in [0.15, 0.2) is 36.4 Å². The fourth-order valence-electron chi connectivity index (χ4n) is 1.09. The summed E-state index contributed by atoms with van der Waals surface area (Å²) in [5.41, 5.74) is 1.24. The first-order chi connectivity index (χ1) is 6.68. The number of benzene rings is 1. The van der Waals surface area contributed by atoms with Crippen LogP contribution in [0.4, 0.5) is 0 Å². The minimum absolute atomic E-state index is 0.771. The molecule has 0 amide bonds. The Morgan fingerprint density at radius 1 is 1.36 bits per heavy atom. The van der Waals surface area contributed by atoms with Crippen molar-refractivity contribution in [2.75, 3.05) is 0 Å². The van der Waals surface area contributed by atoms with Gasteiger partial charge in [0.2, 0.25) is 0 Å². The van der Waals surface area contributed by atoms with E-state index in [4.69, 9.17) is 5.11 Å². The van der Waals surface area contributed by atoms with Crippen LogP contribution in [0, 0.1) is 3.57 Å². The van der Waals surface area contributed by atoms with Crippen molar-refractivity contribution in [2.45, 2.75) is 12.8 Å². The number of rotatable bonds is 4. The van der Waals surface area contributed by atoms with Crippen LogP contribution in [0.25, 0.3) is 0 Å². The summed E-state index contributed by atoms with van der Waals surface area (Å²) in [6, 6.07) is 8.24. The Morgan fingerprint density at radius 3 is 2.57 bits per heavy atom. The molecule has 0 atom stereocenters. The molecule has 3 heteroatoms. The third-order valence-corrected chi connectivity index (χ3v) is 2.49. The molecule has 14 heavy (non-hydrogen) atoms. The first-order valence-corrected chi connectivity index (χ1v) is 5.40. The largest absolute Gasteiger partial charge is 0.478 e. The standard InChI is InChI=1S/C11H11IO2/c12-10-7-5-9(6-8-10)3-1-2-4-11(13)14/h2,4-8H,1,3H2,(H,13,14)/b4-2-. The summed E-state index contributed by atoms with van der Waals surface area (Å²) in [6.07, 6.45) is 4.53. The second-order valence-corrected chi connectivity index (χ2v) is 4.15. The first kappa shape index (κ1) is 11.2. The molecule has 74 valence electrons. The third-order valence-electron chi connectivity index (χ3n) is 1.77. The monoisotopic (exact) mass is 302 g/mol. The van der Waals surface area contributed by atoms with E-state index in [0.717, 1.165) is 12.8 Å². The number of aliphatic carboxylic acids is 1. The number of hydrogen-bond acceptors (Lipinski definition) is 1. The van der Waals surface area contributed by atoms with Gasteiger partial charge < -0.3 is 5.11 Å². The van der Waals surface area contributed by atoms with Crippen LogP contribution >= 0.6 is 22.6 Å². The van der Waals surface area contributed by atoms with E-state index in [1.54, 1.807) is 6.08 Å². The van der Waals surface area contributed by atoms with Crippen molar-refractivity contribution < 1.29 is 9.90 Å². The lowest BCUT2D eigenvalue weighted by Crippen LogP contribution is -1.87. The van der Waals surface area contributed by atoms with Gasteiger partial charge in [0.25, 0.3) is 0 Å². The zero-order valence-electron chi connectivity index (χ0n) is 7.61. The van der Waals surface area contributed by atoms with Gasteiger partial charge in [-0.15, -0.1) is 0 Å². The molecular formula is C11H11IO2. The topological polar surface area (TPSA) is 37.3 Å². The van der Waals surface area contributed by atoms with Gasteiger partial charge in [0.15, 0.2) is 0 Å². The van der Waals surface area contributed by atoms with Crippen molar-refractivity contribution in [3.05, 3.63) is 45.6 Å². The molecule has 1 aromatic carbocycles. The second kappa shape index (κ2) is 5.80. The highest BCUT2D eigenvalue weighted by Gasteiger charge is 1.91. The molecule has 0 spiro atoms. The number of carbonyl (C=O) groups is 1. The van der Waals surface area contributed by atoms with E-state index in [1.807, 2.05) is 0 Å². The molecule has 1 N–H and O–H groups in total. The van der Waals surface area contributed by atoms with Crippen LogP contribution in [-0.2, 0) is 11.2 Å². The minimum Gasteiger partial charge on any atom is -0.478 e. The lowest BCUT2D eigenvalue weighted by atomic mass is 10.1. The maximum Gasteiger partial charge on any atom is 0.327 e. The Labute approximate surface area is 96.8 Å². The van der Waals surface area contributed by atoms with E-state index in [0.29, 0.717) is 0 Å². The molecule has 0 aliphatic rings. The van der Waals surface area contributed by atoms with Crippen molar-refractivity contribution >= 4 is 28.6 Å². The highest BCUT2D eigenvalue weighted by Crippen LogP contribution is 2.08. The molecule has 0 saturated carbocycles. The smallest absolute Gasteiger partial charge is 0.327 e. The molecule has 1 aromatic rings. The fraction of sp³-hybridized carbons (Fsp3) is 0.182. The van der Waals surface area contributed by atoms with Gasteiger partial charge in [-0.1, -0.05) is 18.2 Å². The molecule has 0 aliphatic heterocycles. The fourth-order valence-corrected chi connectivity index (χ4v) is 1.44. The van der Waals surface area contributed by atoms with E-state index in [9.17, 15) is 4.79 Å². The maximum absolute atomic E-state index is 10.2. The van der Waals surface area contributed by atoms with Crippen LogP contribution in [-0.4, -0.2) is 11.1 Å². The molecule has 0 aromatic heterocycles. The zero-order valence-corrected chi connectivity index (χ0v) is 9.77. The van der Waals surface area contributed by atoms with Gasteiger partial charge in [-0.3, -0.25) is 0 Å². The lowest BCUT2D eigenvalue weighted by Gasteiger charge is -1.97. The number of carboxylic acids is 1. The van der Waals surface area contributed by atoms with E-state index in [-0.39, 0.29) is 0 Å². The van der Waals surface area contributed by atoms with Crippen molar-refractivity contribution in [2.24, 2.45) is 0 Å². The van der Waals surface area contributed by atoms with E-state index >= 15 is 0 Å². The van der Waals surface area contributed by atoms with Gasteiger partial charge in [0, 0.05) is 9.65 Å². The van der Waals surface area contributed by atoms with Gasteiger partial charge in [0.05, 0.1) is 0 Å². The molecule has 0 aliphatic carbocycles. The van der Waals surface area contributed by atoms with Crippen LogP contribution in [0.2, 0.25) is 0 Å². The Balaban J connectivity index is 2.39.